The van der Waals surface area contributed by atoms with Crippen LogP contribution in [-0.4, -0.2) is 43.4 Å². The Bertz CT molecular complexity index is 1220. The summed E-state index contributed by atoms with van der Waals surface area (Å²) < 4.78 is 5.90. The second-order valence-electron chi connectivity index (χ2n) is 9.16. The number of nitrogens with one attached hydrogen (secondary N) is 3. The number of para-hydroxylation sites is 1. The Balaban J connectivity index is 1.48. The van der Waals surface area contributed by atoms with Crippen molar-refractivity contribution in [3.8, 4) is 0 Å². The van der Waals surface area contributed by atoms with Gasteiger partial charge in [0.05, 0.1) is 18.4 Å². The Kier molecular flexibility index (Phi) is 8.03. The molecule has 3 aromatic rings. The molecule has 1 fully saturated rings. The predicted octanol–water partition coefficient (Wildman–Crippen LogP) is 5.46. The number of aryl methyl sites for hydroxylation is 2. The standard InChI is InChI=1S/C29H35N5O2/c1-4-19-7-6-8-20(5-2)28(19)33-29(35)32-23-13-14-25(30)24(17-23)27(31)22-11-9-21(10-12-22)26-18-34(3)15-16-36-26/h6-14,17,26,31H,4-5,15-16,18,30H2,1-3H3,(H2,32,33,35). The van der Waals surface area contributed by atoms with Crippen LogP contribution >= 0.6 is 0 Å². The van der Waals surface area contributed by atoms with E-state index in [1.807, 2.05) is 42.5 Å². The molecule has 1 unspecified atom stereocenters. The number of nitrogens with zero attached hydrogens (tertiary/aromatic N) is 1. The number of likely N-dealkylation sites (N-methyl/N-ethyl adjacent to an activating group) is 1. The van der Waals surface area contributed by atoms with Crippen LogP contribution < -0.4 is 16.4 Å². The van der Waals surface area contributed by atoms with Gasteiger partial charge in [-0.25, -0.2) is 4.79 Å². The van der Waals surface area contributed by atoms with Gasteiger partial charge in [-0.2, -0.15) is 0 Å². The summed E-state index contributed by atoms with van der Waals surface area (Å²) in [5, 5.41) is 14.7. The van der Waals surface area contributed by atoms with E-state index in [4.69, 9.17) is 15.9 Å². The second kappa shape index (κ2) is 11.4. The molecule has 2 amide bonds. The van der Waals surface area contributed by atoms with Crippen LogP contribution in [0.25, 0.3) is 0 Å². The van der Waals surface area contributed by atoms with Crippen LogP contribution in [0.2, 0.25) is 0 Å². The SMILES string of the molecule is CCc1cccc(CC)c1NC(=O)Nc1ccc(N)c(C(=N)c2ccc(C3CN(C)CCO3)cc2)c1. The van der Waals surface area contributed by atoms with Crippen molar-refractivity contribution in [3.05, 3.63) is 88.5 Å². The molecule has 36 heavy (non-hydrogen) atoms. The number of benzene rings is 3. The molecule has 1 saturated heterocycles. The highest BCUT2D eigenvalue weighted by atomic mass is 16.5. The first kappa shape index (κ1) is 25.4. The Morgan fingerprint density at radius 1 is 1.06 bits per heavy atom. The maximum atomic E-state index is 12.8. The molecule has 5 N–H and O–H groups in total. The summed E-state index contributed by atoms with van der Waals surface area (Å²) in [6, 6.07) is 18.8. The third-order valence-corrected chi connectivity index (χ3v) is 6.66. The first-order chi connectivity index (χ1) is 17.4. The van der Waals surface area contributed by atoms with E-state index < -0.39 is 0 Å². The summed E-state index contributed by atoms with van der Waals surface area (Å²) in [6.07, 6.45) is 1.69. The molecule has 4 rings (SSSR count). The third-order valence-electron chi connectivity index (χ3n) is 6.66. The molecule has 1 atom stereocenters. The molecule has 0 radical (unpaired) electrons. The normalized spacial score (nSPS) is 15.9. The Morgan fingerprint density at radius 2 is 1.75 bits per heavy atom. The first-order valence-corrected chi connectivity index (χ1v) is 12.5. The fourth-order valence-electron chi connectivity index (χ4n) is 4.53. The first-order valence-electron chi connectivity index (χ1n) is 12.5. The summed E-state index contributed by atoms with van der Waals surface area (Å²) in [5.41, 5.74) is 13.0. The van der Waals surface area contributed by atoms with Crippen LogP contribution in [0.1, 0.15) is 47.8 Å². The van der Waals surface area contributed by atoms with Crippen molar-refractivity contribution in [2.75, 3.05) is 43.1 Å². The minimum absolute atomic E-state index is 0.0363. The average molecular weight is 486 g/mol. The van der Waals surface area contributed by atoms with Crippen LogP contribution in [0.15, 0.2) is 60.7 Å². The Hall–Kier alpha value is -3.68. The van der Waals surface area contributed by atoms with Gasteiger partial charge >= 0.3 is 6.03 Å². The smallest absolute Gasteiger partial charge is 0.323 e. The van der Waals surface area contributed by atoms with Gasteiger partial charge in [0.25, 0.3) is 0 Å². The number of carbonyl (C=O) groups is 1. The number of anilines is 3. The van der Waals surface area contributed by atoms with E-state index in [9.17, 15) is 4.79 Å². The molecule has 1 aliphatic rings. The summed E-state index contributed by atoms with van der Waals surface area (Å²) in [5.74, 6) is 0. The molecular weight excluding hydrogens is 450 g/mol. The van der Waals surface area contributed by atoms with E-state index in [1.54, 1.807) is 18.2 Å². The number of nitrogen functional groups attached to an aromatic ring is 1. The number of morpholine rings is 1. The van der Waals surface area contributed by atoms with Gasteiger partial charge in [-0.15, -0.1) is 0 Å². The van der Waals surface area contributed by atoms with E-state index in [0.29, 0.717) is 29.3 Å². The van der Waals surface area contributed by atoms with Gasteiger partial charge in [0.2, 0.25) is 0 Å². The number of carbonyl (C=O) groups excluding carboxylic acids is 1. The van der Waals surface area contributed by atoms with Gasteiger partial charge in [-0.3, -0.25) is 5.41 Å². The van der Waals surface area contributed by atoms with Crippen LogP contribution in [0.4, 0.5) is 21.9 Å². The number of hydrogen-bond donors (Lipinski definition) is 4. The van der Waals surface area contributed by atoms with Crippen LogP contribution in [0, 0.1) is 5.41 Å². The molecule has 1 heterocycles. The number of amides is 2. The zero-order valence-corrected chi connectivity index (χ0v) is 21.2. The minimum Gasteiger partial charge on any atom is -0.398 e. The van der Waals surface area contributed by atoms with Crippen molar-refractivity contribution in [2.45, 2.75) is 32.8 Å². The quantitative estimate of drug-likeness (QED) is 0.264. The van der Waals surface area contributed by atoms with Crippen molar-refractivity contribution in [3.63, 3.8) is 0 Å². The van der Waals surface area contributed by atoms with Crippen molar-refractivity contribution in [1.29, 1.82) is 5.41 Å². The molecule has 7 heteroatoms. The highest BCUT2D eigenvalue weighted by molar-refractivity contribution is 6.14. The van der Waals surface area contributed by atoms with E-state index in [0.717, 1.165) is 53.9 Å². The molecule has 0 bridgehead atoms. The molecule has 0 aliphatic carbocycles. The monoisotopic (exact) mass is 485 g/mol. The van der Waals surface area contributed by atoms with Crippen molar-refractivity contribution >= 4 is 28.8 Å². The zero-order chi connectivity index (χ0) is 25.7. The van der Waals surface area contributed by atoms with Crippen LogP contribution in [-0.2, 0) is 17.6 Å². The number of hydrogen-bond acceptors (Lipinski definition) is 5. The fourth-order valence-corrected chi connectivity index (χ4v) is 4.53. The van der Waals surface area contributed by atoms with Crippen LogP contribution in [0.5, 0.6) is 0 Å². The fraction of sp³-hybridized carbons (Fsp3) is 0.310. The number of nitrogens with two attached hydrogens (primary N) is 1. The summed E-state index contributed by atoms with van der Waals surface area (Å²) in [6.45, 7) is 6.64. The van der Waals surface area contributed by atoms with Gasteiger partial charge in [0.15, 0.2) is 0 Å². The molecule has 0 saturated carbocycles. The maximum Gasteiger partial charge on any atom is 0.323 e. The van der Waals surface area contributed by atoms with E-state index in [1.165, 1.54) is 0 Å². The van der Waals surface area contributed by atoms with E-state index >= 15 is 0 Å². The zero-order valence-electron chi connectivity index (χ0n) is 21.2. The summed E-state index contributed by atoms with van der Waals surface area (Å²) >= 11 is 0. The van der Waals surface area contributed by atoms with Crippen LogP contribution in [0.3, 0.4) is 0 Å². The maximum absolute atomic E-state index is 12.8. The van der Waals surface area contributed by atoms with Crippen molar-refractivity contribution < 1.29 is 9.53 Å². The average Bonchev–Trinajstić information content (AvgIpc) is 2.89. The van der Waals surface area contributed by atoms with E-state index in [2.05, 4.69) is 36.4 Å². The highest BCUT2D eigenvalue weighted by Crippen LogP contribution is 2.26. The molecule has 3 aromatic carbocycles. The summed E-state index contributed by atoms with van der Waals surface area (Å²) in [4.78, 5) is 15.1. The number of rotatable bonds is 7. The highest BCUT2D eigenvalue weighted by Gasteiger charge is 2.20. The lowest BCUT2D eigenvalue weighted by Gasteiger charge is -2.30. The molecule has 0 spiro atoms. The number of ether oxygens (including phenoxy) is 1. The Morgan fingerprint density at radius 3 is 2.39 bits per heavy atom. The lowest BCUT2D eigenvalue weighted by atomic mass is 9.98. The predicted molar refractivity (Wildman–Crippen MR) is 147 cm³/mol. The molecule has 0 aromatic heterocycles. The van der Waals surface area contributed by atoms with E-state index in [-0.39, 0.29) is 12.1 Å². The Labute approximate surface area is 213 Å². The summed E-state index contributed by atoms with van der Waals surface area (Å²) in [7, 11) is 2.09. The molecule has 188 valence electrons. The largest absolute Gasteiger partial charge is 0.398 e. The van der Waals surface area contributed by atoms with Gasteiger partial charge in [0, 0.05) is 41.3 Å². The lowest BCUT2D eigenvalue weighted by molar-refractivity contribution is -0.0208. The second-order valence-corrected chi connectivity index (χ2v) is 9.16. The van der Waals surface area contributed by atoms with Gasteiger partial charge < -0.3 is 26.0 Å². The molecular formula is C29H35N5O2. The van der Waals surface area contributed by atoms with Crippen molar-refractivity contribution in [2.24, 2.45) is 0 Å². The van der Waals surface area contributed by atoms with Crippen molar-refractivity contribution in [1.82, 2.24) is 4.90 Å². The molecule has 7 nitrogen and oxygen atoms in total. The number of urea groups is 1. The minimum atomic E-state index is -0.324. The molecule has 1 aliphatic heterocycles. The topological polar surface area (TPSA) is 103 Å². The van der Waals surface area contributed by atoms with Gasteiger partial charge in [0.1, 0.15) is 0 Å². The third kappa shape index (κ3) is 5.75. The lowest BCUT2D eigenvalue weighted by Crippen LogP contribution is -2.35. The van der Waals surface area contributed by atoms with Gasteiger partial charge in [-0.1, -0.05) is 56.3 Å². The van der Waals surface area contributed by atoms with Gasteiger partial charge in [-0.05, 0) is 54.8 Å².